The molecule has 4 aliphatic rings. The molecule has 0 aliphatic carbocycles. The molecule has 9 nitrogen and oxygen atoms in total. The molecule has 2 aromatic rings. The first kappa shape index (κ1) is 21.0. The molecular formula is C25H24N4O5. The molecule has 34 heavy (non-hydrogen) atoms. The molecule has 1 N–H and O–H groups in total. The van der Waals surface area contributed by atoms with E-state index in [9.17, 15) is 24.5 Å². The van der Waals surface area contributed by atoms with Gasteiger partial charge in [0.2, 0.25) is 17.7 Å². The number of aryl methyl sites for hydroxylation is 2. The Labute approximate surface area is 195 Å². The number of para-hydroxylation sites is 1. The van der Waals surface area contributed by atoms with Crippen LogP contribution in [0.1, 0.15) is 36.5 Å². The minimum atomic E-state index is -1.22. The molecule has 174 valence electrons. The predicted molar refractivity (Wildman–Crippen MR) is 123 cm³/mol. The summed E-state index contributed by atoms with van der Waals surface area (Å²) in [5, 5.41) is 14.2. The van der Waals surface area contributed by atoms with Crippen LogP contribution in [0.4, 0.5) is 17.1 Å². The molecular weight excluding hydrogens is 436 g/mol. The highest BCUT2D eigenvalue weighted by Crippen LogP contribution is 2.61. The standard InChI is InChI=1S/C25H24N4O5/c1-3-14-6-4-7-16-21(14)26-24(32)25(16)20-19(18-8-5-11-27(18)25)22(30)28(23(20)31)17-10-9-15(29(33)34)12-13(17)2/h4,6-7,9-10,12,18-20H,3,5,8,11H2,1-2H3,(H,26,32)/t18-,19+,20+,25+/m1/s1. The number of anilines is 2. The number of fused-ring (bicyclic) bond motifs is 7. The van der Waals surface area contributed by atoms with E-state index in [1.165, 1.54) is 23.1 Å². The number of nitro benzene ring substituents is 1. The highest BCUT2D eigenvalue weighted by Gasteiger charge is 2.74. The lowest BCUT2D eigenvalue weighted by Crippen LogP contribution is -2.54. The van der Waals surface area contributed by atoms with Crippen molar-refractivity contribution >= 4 is 34.8 Å². The minimum Gasteiger partial charge on any atom is -0.324 e. The van der Waals surface area contributed by atoms with Crippen LogP contribution in [-0.2, 0) is 26.3 Å². The van der Waals surface area contributed by atoms with Crippen LogP contribution in [0.25, 0.3) is 0 Å². The maximum Gasteiger partial charge on any atom is 0.269 e. The van der Waals surface area contributed by atoms with Crippen LogP contribution >= 0.6 is 0 Å². The summed E-state index contributed by atoms with van der Waals surface area (Å²) in [5.41, 5.74) is 2.03. The third-order valence-corrected chi connectivity index (χ3v) is 8.13. The molecule has 0 bridgehead atoms. The molecule has 0 saturated carbocycles. The maximum absolute atomic E-state index is 14.0. The van der Waals surface area contributed by atoms with Crippen LogP contribution in [-0.4, -0.2) is 40.1 Å². The van der Waals surface area contributed by atoms with Crippen LogP contribution in [0.15, 0.2) is 36.4 Å². The number of carbonyl (C=O) groups excluding carboxylic acids is 3. The number of nitrogens with zero attached hydrogens (tertiary/aromatic N) is 3. The van der Waals surface area contributed by atoms with Gasteiger partial charge in [-0.1, -0.05) is 25.1 Å². The van der Waals surface area contributed by atoms with Crippen molar-refractivity contribution in [2.24, 2.45) is 11.8 Å². The fraction of sp³-hybridized carbons (Fsp3) is 0.400. The van der Waals surface area contributed by atoms with Crippen LogP contribution in [0.5, 0.6) is 0 Å². The third kappa shape index (κ3) is 2.34. The van der Waals surface area contributed by atoms with Gasteiger partial charge in [-0.3, -0.25) is 29.4 Å². The lowest BCUT2D eigenvalue weighted by Gasteiger charge is -2.36. The second-order valence-corrected chi connectivity index (χ2v) is 9.56. The normalized spacial score (nSPS) is 29.5. The summed E-state index contributed by atoms with van der Waals surface area (Å²) in [7, 11) is 0. The van der Waals surface area contributed by atoms with E-state index in [1.807, 2.05) is 25.1 Å². The maximum atomic E-state index is 14.0. The summed E-state index contributed by atoms with van der Waals surface area (Å²) in [6, 6.07) is 9.72. The van der Waals surface area contributed by atoms with Gasteiger partial charge >= 0.3 is 0 Å². The summed E-state index contributed by atoms with van der Waals surface area (Å²) in [5.74, 6) is -2.45. The molecule has 1 spiro atoms. The van der Waals surface area contributed by atoms with Gasteiger partial charge in [0.15, 0.2) is 0 Å². The monoisotopic (exact) mass is 460 g/mol. The molecule has 2 aromatic carbocycles. The number of imide groups is 1. The summed E-state index contributed by atoms with van der Waals surface area (Å²) < 4.78 is 0. The Morgan fingerprint density at radius 1 is 1.18 bits per heavy atom. The Bertz CT molecular complexity index is 1310. The van der Waals surface area contributed by atoms with Gasteiger partial charge in [0.25, 0.3) is 5.69 Å². The number of hydrogen-bond acceptors (Lipinski definition) is 6. The van der Waals surface area contributed by atoms with Crippen molar-refractivity contribution in [1.82, 2.24) is 4.90 Å². The van der Waals surface area contributed by atoms with E-state index in [2.05, 4.69) is 10.2 Å². The average Bonchev–Trinajstić information content (AvgIpc) is 3.52. The molecule has 4 aliphatic heterocycles. The van der Waals surface area contributed by atoms with Crippen molar-refractivity contribution in [3.05, 3.63) is 63.2 Å². The number of carbonyl (C=O) groups is 3. The van der Waals surface area contributed by atoms with Gasteiger partial charge in [0.1, 0.15) is 5.54 Å². The molecule has 9 heteroatoms. The van der Waals surface area contributed by atoms with Crippen LogP contribution in [0.3, 0.4) is 0 Å². The van der Waals surface area contributed by atoms with E-state index in [-0.39, 0.29) is 23.5 Å². The molecule has 3 fully saturated rings. The zero-order chi connectivity index (χ0) is 23.9. The van der Waals surface area contributed by atoms with E-state index >= 15 is 0 Å². The van der Waals surface area contributed by atoms with Crippen LogP contribution in [0, 0.1) is 28.9 Å². The number of hydrogen-bond donors (Lipinski definition) is 1. The Balaban J connectivity index is 1.53. The third-order valence-electron chi connectivity index (χ3n) is 8.13. The fourth-order valence-electron chi connectivity index (χ4n) is 6.83. The summed E-state index contributed by atoms with van der Waals surface area (Å²) in [6.45, 7) is 4.32. The largest absolute Gasteiger partial charge is 0.324 e. The van der Waals surface area contributed by atoms with Crippen LogP contribution < -0.4 is 10.2 Å². The first-order valence-electron chi connectivity index (χ1n) is 11.7. The van der Waals surface area contributed by atoms with Crippen molar-refractivity contribution in [1.29, 1.82) is 0 Å². The smallest absolute Gasteiger partial charge is 0.269 e. The summed E-state index contributed by atoms with van der Waals surface area (Å²) in [6.07, 6.45) is 2.33. The number of non-ortho nitro benzene ring substituents is 1. The number of rotatable bonds is 3. The van der Waals surface area contributed by atoms with E-state index in [1.54, 1.807) is 6.92 Å². The van der Waals surface area contributed by atoms with Gasteiger partial charge in [0, 0.05) is 29.4 Å². The van der Waals surface area contributed by atoms with Crippen molar-refractivity contribution < 1.29 is 19.3 Å². The summed E-state index contributed by atoms with van der Waals surface area (Å²) >= 11 is 0. The van der Waals surface area contributed by atoms with E-state index in [4.69, 9.17) is 0 Å². The predicted octanol–water partition coefficient (Wildman–Crippen LogP) is 2.90. The molecule has 0 aromatic heterocycles. The fourth-order valence-corrected chi connectivity index (χ4v) is 6.83. The first-order valence-corrected chi connectivity index (χ1v) is 11.7. The Hall–Kier alpha value is -3.59. The molecule has 3 amide bonds. The van der Waals surface area contributed by atoms with Gasteiger partial charge in [-0.05, 0) is 49.9 Å². The van der Waals surface area contributed by atoms with E-state index in [0.29, 0.717) is 17.8 Å². The van der Waals surface area contributed by atoms with Gasteiger partial charge < -0.3 is 5.32 Å². The lowest BCUT2D eigenvalue weighted by molar-refractivity contribution is -0.384. The Morgan fingerprint density at radius 3 is 2.68 bits per heavy atom. The van der Waals surface area contributed by atoms with Crippen LogP contribution in [0.2, 0.25) is 0 Å². The quantitative estimate of drug-likeness (QED) is 0.428. The second-order valence-electron chi connectivity index (χ2n) is 9.56. The minimum absolute atomic E-state index is 0.102. The van der Waals surface area contributed by atoms with Gasteiger partial charge in [0.05, 0.1) is 22.4 Å². The molecule has 4 heterocycles. The summed E-state index contributed by atoms with van der Waals surface area (Å²) in [4.78, 5) is 55.6. The van der Waals surface area contributed by atoms with Gasteiger partial charge in [-0.2, -0.15) is 0 Å². The second kappa shape index (κ2) is 6.96. The number of benzene rings is 2. The highest BCUT2D eigenvalue weighted by molar-refractivity contribution is 6.26. The van der Waals surface area contributed by atoms with Crippen molar-refractivity contribution in [3.8, 4) is 0 Å². The van der Waals surface area contributed by atoms with Crippen molar-refractivity contribution in [3.63, 3.8) is 0 Å². The van der Waals surface area contributed by atoms with Gasteiger partial charge in [-0.25, -0.2) is 4.90 Å². The number of nitro groups is 1. The highest BCUT2D eigenvalue weighted by atomic mass is 16.6. The molecule has 0 radical (unpaired) electrons. The Kier molecular flexibility index (Phi) is 4.29. The van der Waals surface area contributed by atoms with E-state index in [0.717, 1.165) is 36.1 Å². The van der Waals surface area contributed by atoms with Crippen molar-refractivity contribution in [2.75, 3.05) is 16.8 Å². The first-order chi connectivity index (χ1) is 16.3. The molecule has 6 rings (SSSR count). The molecule has 3 saturated heterocycles. The molecule has 0 unspecified atom stereocenters. The number of amides is 3. The van der Waals surface area contributed by atoms with Crippen molar-refractivity contribution in [2.45, 2.75) is 44.7 Å². The lowest BCUT2D eigenvalue weighted by atomic mass is 9.75. The number of nitrogens with one attached hydrogen (secondary N) is 1. The SMILES string of the molecule is CCc1cccc2c1NC(=O)[C@@]21[C@@H]2C(=O)N(c3ccc([N+](=O)[O-])cc3C)C(=O)[C@H]2[C@H]2CCCN21. The Morgan fingerprint density at radius 2 is 1.97 bits per heavy atom. The molecule has 4 atom stereocenters. The topological polar surface area (TPSA) is 113 Å². The van der Waals surface area contributed by atoms with E-state index < -0.39 is 28.2 Å². The average molecular weight is 460 g/mol. The van der Waals surface area contributed by atoms with Gasteiger partial charge in [-0.15, -0.1) is 0 Å². The zero-order valence-corrected chi connectivity index (χ0v) is 18.9. The zero-order valence-electron chi connectivity index (χ0n) is 18.9.